The highest BCUT2D eigenvalue weighted by Gasteiger charge is 2.52. The van der Waals surface area contributed by atoms with E-state index in [2.05, 4.69) is 52.3 Å². The van der Waals surface area contributed by atoms with Gasteiger partial charge < -0.3 is 0 Å². The zero-order chi connectivity index (χ0) is 20.3. The molecule has 0 N–H and O–H groups in total. The molecule has 0 saturated carbocycles. The van der Waals surface area contributed by atoms with Gasteiger partial charge >= 0.3 is 0 Å². The summed E-state index contributed by atoms with van der Waals surface area (Å²) in [7, 11) is 1.99. The van der Waals surface area contributed by atoms with Gasteiger partial charge in [0.2, 0.25) is 0 Å². The summed E-state index contributed by atoms with van der Waals surface area (Å²) in [5.41, 5.74) is 3.66. The molecule has 1 aliphatic rings. The van der Waals surface area contributed by atoms with Gasteiger partial charge in [-0.05, 0) is 35.6 Å². The predicted octanol–water partition coefficient (Wildman–Crippen LogP) is 5.54. The first kappa shape index (κ1) is 19.9. The molecule has 1 heterocycles. The van der Waals surface area contributed by atoms with Crippen molar-refractivity contribution in [2.45, 2.75) is 24.8 Å². The second-order valence-corrected chi connectivity index (χ2v) is 8.29. The smallest absolute Gasteiger partial charge is 0.256 e. The molecule has 3 nitrogen and oxygen atoms in total. The number of halogens is 1. The van der Waals surface area contributed by atoms with Gasteiger partial charge in [0.05, 0.1) is 5.69 Å². The van der Waals surface area contributed by atoms with Crippen molar-refractivity contribution in [2.24, 2.45) is 0 Å². The van der Waals surface area contributed by atoms with Crippen LogP contribution in [0.25, 0.3) is 0 Å². The molecule has 0 bridgehead atoms. The van der Waals surface area contributed by atoms with Crippen LogP contribution in [0.4, 0.5) is 5.69 Å². The van der Waals surface area contributed by atoms with Crippen molar-refractivity contribution in [3.63, 3.8) is 0 Å². The lowest BCUT2D eigenvalue weighted by molar-refractivity contribution is -0.124. The second-order valence-electron chi connectivity index (χ2n) is 7.50. The highest BCUT2D eigenvalue weighted by molar-refractivity contribution is 9.09. The average molecular weight is 449 g/mol. The van der Waals surface area contributed by atoms with Crippen molar-refractivity contribution >= 4 is 27.5 Å². The molecule has 0 saturated heterocycles. The Morgan fingerprint density at radius 1 is 0.897 bits per heavy atom. The van der Waals surface area contributed by atoms with Crippen LogP contribution in [0, 0.1) is 0 Å². The SMILES string of the molecule is CN(Cc1ccccc1)N1C(=O)[C@@](CCCBr)(c2ccccc2)c2ccccc21. The summed E-state index contributed by atoms with van der Waals surface area (Å²) in [4.78, 5) is 14.1. The second kappa shape index (κ2) is 8.52. The van der Waals surface area contributed by atoms with E-state index in [1.165, 1.54) is 5.56 Å². The molecule has 1 amide bonds. The van der Waals surface area contributed by atoms with Crippen LogP contribution in [-0.2, 0) is 16.8 Å². The van der Waals surface area contributed by atoms with E-state index in [4.69, 9.17) is 0 Å². The van der Waals surface area contributed by atoms with Crippen LogP contribution < -0.4 is 5.01 Å². The number of fused-ring (bicyclic) bond motifs is 1. The Morgan fingerprint density at radius 2 is 1.52 bits per heavy atom. The third-order valence-corrected chi connectivity index (χ3v) is 6.26. The van der Waals surface area contributed by atoms with Crippen molar-refractivity contribution in [3.05, 3.63) is 102 Å². The van der Waals surface area contributed by atoms with Gasteiger partial charge in [-0.1, -0.05) is 94.8 Å². The molecule has 4 heteroatoms. The fourth-order valence-corrected chi connectivity index (χ4v) is 4.68. The van der Waals surface area contributed by atoms with Gasteiger partial charge in [0, 0.05) is 18.9 Å². The Bertz CT molecular complexity index is 976. The number of anilines is 1. The zero-order valence-electron chi connectivity index (χ0n) is 16.6. The molecule has 29 heavy (non-hydrogen) atoms. The Hall–Kier alpha value is -2.43. The summed E-state index contributed by atoms with van der Waals surface area (Å²) in [6.07, 6.45) is 1.69. The number of hydrazine groups is 1. The van der Waals surface area contributed by atoms with Crippen molar-refractivity contribution in [2.75, 3.05) is 17.4 Å². The van der Waals surface area contributed by atoms with E-state index in [1.54, 1.807) is 0 Å². The Morgan fingerprint density at radius 3 is 2.21 bits per heavy atom. The van der Waals surface area contributed by atoms with E-state index in [1.807, 2.05) is 65.6 Å². The van der Waals surface area contributed by atoms with E-state index in [9.17, 15) is 4.79 Å². The predicted molar refractivity (Wildman–Crippen MR) is 122 cm³/mol. The van der Waals surface area contributed by atoms with E-state index in [0.717, 1.165) is 35.0 Å². The Labute approximate surface area is 181 Å². The maximum absolute atomic E-state index is 14.1. The number of hydrogen-bond donors (Lipinski definition) is 0. The third-order valence-electron chi connectivity index (χ3n) is 5.70. The van der Waals surface area contributed by atoms with E-state index >= 15 is 0 Å². The summed E-state index contributed by atoms with van der Waals surface area (Å²) >= 11 is 3.57. The molecule has 3 aromatic rings. The lowest BCUT2D eigenvalue weighted by atomic mass is 9.72. The number of benzene rings is 3. The molecule has 0 radical (unpaired) electrons. The van der Waals surface area contributed by atoms with Crippen molar-refractivity contribution in [3.8, 4) is 0 Å². The number of nitrogens with zero attached hydrogens (tertiary/aromatic N) is 2. The third kappa shape index (κ3) is 3.52. The highest BCUT2D eigenvalue weighted by Crippen LogP contribution is 2.49. The summed E-state index contributed by atoms with van der Waals surface area (Å²) in [6, 6.07) is 28.7. The normalized spacial score (nSPS) is 18.3. The van der Waals surface area contributed by atoms with Crippen LogP contribution in [0.15, 0.2) is 84.9 Å². The van der Waals surface area contributed by atoms with E-state index < -0.39 is 5.41 Å². The minimum Gasteiger partial charge on any atom is -0.272 e. The zero-order valence-corrected chi connectivity index (χ0v) is 18.2. The maximum atomic E-state index is 14.1. The number of amides is 1. The van der Waals surface area contributed by atoms with Gasteiger partial charge in [0.15, 0.2) is 0 Å². The summed E-state index contributed by atoms with van der Waals surface area (Å²) < 4.78 is 0. The van der Waals surface area contributed by atoms with Gasteiger partial charge in [-0.3, -0.25) is 4.79 Å². The Kier molecular flexibility index (Phi) is 5.84. The van der Waals surface area contributed by atoms with Crippen LogP contribution >= 0.6 is 15.9 Å². The lowest BCUT2D eigenvalue weighted by Crippen LogP contribution is -2.48. The molecule has 0 unspecified atom stereocenters. The van der Waals surface area contributed by atoms with E-state index in [0.29, 0.717) is 6.54 Å². The van der Waals surface area contributed by atoms with Crippen LogP contribution in [0.1, 0.15) is 29.5 Å². The molecule has 1 atom stereocenters. The van der Waals surface area contributed by atoms with Crippen LogP contribution in [0.3, 0.4) is 0 Å². The van der Waals surface area contributed by atoms with E-state index in [-0.39, 0.29) is 5.91 Å². The van der Waals surface area contributed by atoms with Crippen molar-refractivity contribution in [1.29, 1.82) is 0 Å². The molecule has 4 rings (SSSR count). The van der Waals surface area contributed by atoms with Crippen molar-refractivity contribution < 1.29 is 4.79 Å². The number of carbonyl (C=O) groups is 1. The first-order valence-electron chi connectivity index (χ1n) is 9.99. The quantitative estimate of drug-likeness (QED) is 0.442. The molecule has 0 spiro atoms. The standard InChI is InChI=1S/C25H25BrN2O/c1-27(19-20-11-4-2-5-12-20)28-23-16-9-8-15-22(23)25(24(28)29,17-10-18-26)21-13-6-3-7-14-21/h2-9,11-16H,10,17-19H2,1H3/t25-/m0/s1. The van der Waals surface area contributed by atoms with Crippen molar-refractivity contribution in [1.82, 2.24) is 5.01 Å². The Balaban J connectivity index is 1.80. The lowest BCUT2D eigenvalue weighted by Gasteiger charge is -2.33. The molecule has 0 aromatic heterocycles. The maximum Gasteiger partial charge on any atom is 0.256 e. The fourth-order valence-electron chi connectivity index (χ4n) is 4.40. The summed E-state index contributed by atoms with van der Waals surface area (Å²) in [5.74, 6) is 0.129. The minimum atomic E-state index is -0.656. The first-order chi connectivity index (χ1) is 14.2. The number of carbonyl (C=O) groups excluding carboxylic acids is 1. The minimum absolute atomic E-state index is 0.129. The highest BCUT2D eigenvalue weighted by atomic mass is 79.9. The van der Waals surface area contributed by atoms with Gasteiger partial charge in [-0.25, -0.2) is 10.0 Å². The monoisotopic (exact) mass is 448 g/mol. The first-order valence-corrected chi connectivity index (χ1v) is 11.1. The van der Waals surface area contributed by atoms with Gasteiger partial charge in [-0.15, -0.1) is 0 Å². The number of para-hydroxylation sites is 1. The number of hydrogen-bond acceptors (Lipinski definition) is 2. The average Bonchev–Trinajstić information content (AvgIpc) is 3.02. The topological polar surface area (TPSA) is 23.6 Å². The van der Waals surface area contributed by atoms with Gasteiger partial charge in [0.25, 0.3) is 5.91 Å². The molecular formula is C25H25BrN2O. The number of alkyl halides is 1. The molecule has 1 aliphatic heterocycles. The molecule has 148 valence electrons. The number of rotatable bonds is 7. The van der Waals surface area contributed by atoms with Crippen LogP contribution in [0.5, 0.6) is 0 Å². The van der Waals surface area contributed by atoms with Crippen LogP contribution in [-0.4, -0.2) is 23.3 Å². The summed E-state index contributed by atoms with van der Waals surface area (Å²) in [6.45, 7) is 0.671. The van der Waals surface area contributed by atoms with Gasteiger partial charge in [0.1, 0.15) is 5.41 Å². The molecule has 3 aromatic carbocycles. The van der Waals surface area contributed by atoms with Crippen LogP contribution in [0.2, 0.25) is 0 Å². The largest absolute Gasteiger partial charge is 0.272 e. The molecular weight excluding hydrogens is 424 g/mol. The summed E-state index contributed by atoms with van der Waals surface area (Å²) in [5, 5.41) is 4.79. The molecule has 0 fully saturated rings. The molecule has 0 aliphatic carbocycles. The van der Waals surface area contributed by atoms with Gasteiger partial charge in [-0.2, -0.15) is 0 Å². The fraction of sp³-hybridized carbons (Fsp3) is 0.240.